The highest BCUT2D eigenvalue weighted by Gasteiger charge is 2.32. The van der Waals surface area contributed by atoms with Gasteiger partial charge in [-0.2, -0.15) is 17.4 Å². The fourth-order valence-electron chi connectivity index (χ4n) is 2.78. The minimum Gasteiger partial charge on any atom is -0.486 e. The van der Waals surface area contributed by atoms with E-state index in [1.165, 1.54) is 4.31 Å². The molecule has 0 spiro atoms. The van der Waals surface area contributed by atoms with E-state index in [1.807, 2.05) is 32.0 Å². The molecule has 0 bridgehead atoms. The molecular formula is C15H22N2O5S. The third-order valence-electron chi connectivity index (χ3n) is 3.79. The predicted octanol–water partition coefficient (Wildman–Crippen LogP) is 0.770. The van der Waals surface area contributed by atoms with Gasteiger partial charge in [-0.3, -0.25) is 0 Å². The van der Waals surface area contributed by atoms with Crippen LogP contribution in [0.3, 0.4) is 0 Å². The number of nitrogens with zero attached hydrogens (tertiary/aromatic N) is 1. The van der Waals surface area contributed by atoms with E-state index in [4.69, 9.17) is 14.2 Å². The SMILES string of the molecule is CC1CN(S(=O)(=O)NCC2COc3ccccc3O2)CC(C)O1. The van der Waals surface area contributed by atoms with Crippen molar-refractivity contribution in [2.24, 2.45) is 0 Å². The Morgan fingerprint density at radius 1 is 1.17 bits per heavy atom. The predicted molar refractivity (Wildman–Crippen MR) is 84.9 cm³/mol. The average molecular weight is 342 g/mol. The first kappa shape index (κ1) is 16.5. The first-order chi connectivity index (χ1) is 10.9. The van der Waals surface area contributed by atoms with Crippen molar-refractivity contribution in [2.45, 2.75) is 32.2 Å². The highest BCUT2D eigenvalue weighted by molar-refractivity contribution is 7.87. The summed E-state index contributed by atoms with van der Waals surface area (Å²) >= 11 is 0. The van der Waals surface area contributed by atoms with Gasteiger partial charge in [-0.25, -0.2) is 0 Å². The van der Waals surface area contributed by atoms with Crippen LogP contribution in [-0.2, 0) is 14.9 Å². The molecule has 8 heteroatoms. The van der Waals surface area contributed by atoms with Gasteiger partial charge < -0.3 is 14.2 Å². The quantitative estimate of drug-likeness (QED) is 0.875. The first-order valence-corrected chi connectivity index (χ1v) is 9.17. The summed E-state index contributed by atoms with van der Waals surface area (Å²) in [6.45, 7) is 4.92. The summed E-state index contributed by atoms with van der Waals surface area (Å²) in [6, 6.07) is 7.35. The molecule has 0 radical (unpaired) electrons. The van der Waals surface area contributed by atoms with Crippen molar-refractivity contribution in [1.82, 2.24) is 9.03 Å². The van der Waals surface area contributed by atoms with Crippen LogP contribution >= 0.6 is 0 Å². The van der Waals surface area contributed by atoms with Crippen molar-refractivity contribution in [3.05, 3.63) is 24.3 Å². The molecule has 2 heterocycles. The van der Waals surface area contributed by atoms with Gasteiger partial charge in [-0.1, -0.05) is 12.1 Å². The molecule has 0 saturated carbocycles. The van der Waals surface area contributed by atoms with Crippen molar-refractivity contribution in [1.29, 1.82) is 0 Å². The van der Waals surface area contributed by atoms with Crippen molar-refractivity contribution in [3.8, 4) is 11.5 Å². The molecule has 7 nitrogen and oxygen atoms in total. The van der Waals surface area contributed by atoms with Crippen molar-refractivity contribution in [2.75, 3.05) is 26.2 Å². The van der Waals surface area contributed by atoms with Gasteiger partial charge in [0.1, 0.15) is 12.7 Å². The average Bonchev–Trinajstić information content (AvgIpc) is 2.52. The van der Waals surface area contributed by atoms with E-state index in [0.29, 0.717) is 31.2 Å². The molecule has 1 saturated heterocycles. The van der Waals surface area contributed by atoms with Crippen LogP contribution in [0, 0.1) is 0 Å². The summed E-state index contributed by atoms with van der Waals surface area (Å²) in [6.07, 6.45) is -0.580. The van der Waals surface area contributed by atoms with Gasteiger partial charge in [0, 0.05) is 13.1 Å². The summed E-state index contributed by atoms with van der Waals surface area (Å²) in [5, 5.41) is 0. The highest BCUT2D eigenvalue weighted by atomic mass is 32.2. The highest BCUT2D eigenvalue weighted by Crippen LogP contribution is 2.30. The number of rotatable bonds is 4. The molecule has 2 aliphatic rings. The maximum absolute atomic E-state index is 12.4. The Kier molecular flexibility index (Phi) is 4.77. The van der Waals surface area contributed by atoms with E-state index < -0.39 is 10.2 Å². The van der Waals surface area contributed by atoms with Gasteiger partial charge in [0.15, 0.2) is 11.5 Å². The molecule has 1 aromatic rings. The molecule has 128 valence electrons. The van der Waals surface area contributed by atoms with Crippen LogP contribution < -0.4 is 14.2 Å². The Labute approximate surface area is 136 Å². The van der Waals surface area contributed by atoms with Crippen molar-refractivity contribution < 1.29 is 22.6 Å². The summed E-state index contributed by atoms with van der Waals surface area (Å²) in [5.41, 5.74) is 0. The molecule has 3 unspecified atom stereocenters. The van der Waals surface area contributed by atoms with E-state index in [0.717, 1.165) is 0 Å². The zero-order chi connectivity index (χ0) is 16.4. The summed E-state index contributed by atoms with van der Waals surface area (Å²) < 4.78 is 45.8. The number of hydrogen-bond acceptors (Lipinski definition) is 5. The second kappa shape index (κ2) is 6.64. The third-order valence-corrected chi connectivity index (χ3v) is 5.30. The lowest BCUT2D eigenvalue weighted by Gasteiger charge is -2.34. The van der Waals surface area contributed by atoms with Gasteiger partial charge in [-0.05, 0) is 26.0 Å². The molecule has 1 aromatic carbocycles. The van der Waals surface area contributed by atoms with Crippen LogP contribution in [0.4, 0.5) is 0 Å². The first-order valence-electron chi connectivity index (χ1n) is 7.73. The summed E-state index contributed by atoms with van der Waals surface area (Å²) in [4.78, 5) is 0. The zero-order valence-electron chi connectivity index (χ0n) is 13.3. The monoisotopic (exact) mass is 342 g/mol. The second-order valence-corrected chi connectivity index (χ2v) is 7.68. The molecule has 1 fully saturated rings. The van der Waals surface area contributed by atoms with Crippen LogP contribution in [0.15, 0.2) is 24.3 Å². The maximum Gasteiger partial charge on any atom is 0.279 e. The van der Waals surface area contributed by atoms with Gasteiger partial charge in [0.25, 0.3) is 10.2 Å². The number of ether oxygens (including phenoxy) is 3. The molecule has 3 atom stereocenters. The van der Waals surface area contributed by atoms with Gasteiger partial charge in [0.05, 0.1) is 18.8 Å². The number of fused-ring (bicyclic) bond motifs is 1. The minimum atomic E-state index is -3.56. The zero-order valence-corrected chi connectivity index (χ0v) is 14.1. The molecule has 0 aromatic heterocycles. The number of benzene rings is 1. The molecular weight excluding hydrogens is 320 g/mol. The van der Waals surface area contributed by atoms with E-state index in [1.54, 1.807) is 6.07 Å². The Morgan fingerprint density at radius 3 is 2.52 bits per heavy atom. The smallest absolute Gasteiger partial charge is 0.279 e. The van der Waals surface area contributed by atoms with Crippen LogP contribution in [0.5, 0.6) is 11.5 Å². The standard InChI is InChI=1S/C15H22N2O5S/c1-11-8-17(9-12(2)21-11)23(18,19)16-7-13-10-20-14-5-3-4-6-15(14)22-13/h3-6,11-13,16H,7-10H2,1-2H3. The van der Waals surface area contributed by atoms with Crippen LogP contribution in [-0.4, -0.2) is 57.3 Å². The Balaban J connectivity index is 1.58. The Morgan fingerprint density at radius 2 is 1.83 bits per heavy atom. The second-order valence-electron chi connectivity index (χ2n) is 5.93. The van der Waals surface area contributed by atoms with E-state index in [-0.39, 0.29) is 24.9 Å². The largest absolute Gasteiger partial charge is 0.486 e. The van der Waals surface area contributed by atoms with Gasteiger partial charge in [-0.15, -0.1) is 0 Å². The van der Waals surface area contributed by atoms with Crippen molar-refractivity contribution in [3.63, 3.8) is 0 Å². The normalized spacial score (nSPS) is 28.5. The number of hydrogen-bond donors (Lipinski definition) is 1. The molecule has 1 N–H and O–H groups in total. The number of para-hydroxylation sites is 2. The molecule has 0 aliphatic carbocycles. The van der Waals surface area contributed by atoms with Crippen LogP contribution in [0.25, 0.3) is 0 Å². The molecule has 23 heavy (non-hydrogen) atoms. The van der Waals surface area contributed by atoms with Crippen LogP contribution in [0.2, 0.25) is 0 Å². The van der Waals surface area contributed by atoms with Gasteiger partial charge in [0.2, 0.25) is 0 Å². The van der Waals surface area contributed by atoms with Gasteiger partial charge >= 0.3 is 0 Å². The third kappa shape index (κ3) is 3.95. The number of morpholine rings is 1. The van der Waals surface area contributed by atoms with Crippen LogP contribution in [0.1, 0.15) is 13.8 Å². The lowest BCUT2D eigenvalue weighted by atomic mass is 10.2. The van der Waals surface area contributed by atoms with E-state index >= 15 is 0 Å². The van der Waals surface area contributed by atoms with E-state index in [2.05, 4.69) is 4.72 Å². The maximum atomic E-state index is 12.4. The Hall–Kier alpha value is -1.35. The summed E-state index contributed by atoms with van der Waals surface area (Å²) in [5.74, 6) is 1.32. The minimum absolute atomic E-state index is 0.114. The summed E-state index contributed by atoms with van der Waals surface area (Å²) in [7, 11) is -3.56. The topological polar surface area (TPSA) is 77.1 Å². The fourth-order valence-corrected chi connectivity index (χ4v) is 4.17. The molecule has 0 amide bonds. The van der Waals surface area contributed by atoms with E-state index in [9.17, 15) is 8.42 Å². The number of nitrogens with one attached hydrogen (secondary N) is 1. The molecule has 3 rings (SSSR count). The lowest BCUT2D eigenvalue weighted by molar-refractivity contribution is -0.0444. The lowest BCUT2D eigenvalue weighted by Crippen LogP contribution is -2.53. The molecule has 2 aliphatic heterocycles. The van der Waals surface area contributed by atoms with Crippen molar-refractivity contribution >= 4 is 10.2 Å². The fraction of sp³-hybridized carbons (Fsp3) is 0.600. The Bertz CT molecular complexity index is 641.